The first kappa shape index (κ1) is 23.3. The van der Waals surface area contributed by atoms with Crippen molar-refractivity contribution in [3.05, 3.63) is 48.6 Å². The Morgan fingerprint density at radius 3 is 2.56 bits per heavy atom. The number of allylic oxidation sites excluding steroid dienone is 1. The maximum Gasteiger partial charge on any atom is 0.329 e. The van der Waals surface area contributed by atoms with Gasteiger partial charge in [0.25, 0.3) is 0 Å². The molecule has 4 rings (SSSR count). The summed E-state index contributed by atoms with van der Waals surface area (Å²) in [4.78, 5) is 34.9. The number of amides is 3. The molecule has 1 aliphatic carbocycles. The fraction of sp³-hybridized carbons (Fsp3) is 0.348. The number of alkyl halides is 2. The minimum atomic E-state index is -2.74. The molecule has 1 saturated heterocycles. The molecule has 34 heavy (non-hydrogen) atoms. The van der Waals surface area contributed by atoms with Gasteiger partial charge in [0.15, 0.2) is 0 Å². The molecular formula is C23H24F2N6O3. The zero-order valence-electron chi connectivity index (χ0n) is 18.3. The quantitative estimate of drug-likeness (QED) is 0.561. The summed E-state index contributed by atoms with van der Waals surface area (Å²) >= 11 is 0. The summed E-state index contributed by atoms with van der Waals surface area (Å²) in [6, 6.07) is 5.74. The Morgan fingerprint density at radius 2 is 1.91 bits per heavy atom. The lowest BCUT2D eigenvalue weighted by Gasteiger charge is -2.35. The van der Waals surface area contributed by atoms with Gasteiger partial charge in [-0.2, -0.15) is 0 Å². The molecule has 9 nitrogen and oxygen atoms in total. The largest absolute Gasteiger partial charge is 0.456 e. The monoisotopic (exact) mass is 470 g/mol. The molecule has 0 radical (unpaired) electrons. The Morgan fingerprint density at radius 1 is 1.15 bits per heavy atom. The molecule has 11 heteroatoms. The van der Waals surface area contributed by atoms with Crippen LogP contribution >= 0.6 is 0 Å². The van der Waals surface area contributed by atoms with Crippen molar-refractivity contribution in [2.45, 2.75) is 38.0 Å². The number of aromatic nitrogens is 2. The Hall–Kier alpha value is -3.89. The van der Waals surface area contributed by atoms with E-state index in [9.17, 15) is 18.4 Å². The van der Waals surface area contributed by atoms with Crippen molar-refractivity contribution in [3.8, 4) is 11.5 Å². The zero-order valence-corrected chi connectivity index (χ0v) is 18.3. The molecule has 2 aromatic rings. The molecule has 0 bridgehead atoms. The molecule has 178 valence electrons. The average Bonchev–Trinajstić information content (AvgIpc) is 3.14. The number of pyridine rings is 2. The van der Waals surface area contributed by atoms with Crippen LogP contribution in [0.1, 0.15) is 37.8 Å². The number of nitrogens with two attached hydrogens (primary N) is 1. The number of urea groups is 1. The zero-order chi connectivity index (χ0) is 24.3. The van der Waals surface area contributed by atoms with Gasteiger partial charge in [-0.05, 0) is 37.5 Å². The number of nitrogens with zero attached hydrogens (tertiary/aromatic N) is 3. The molecule has 1 aliphatic heterocycles. The van der Waals surface area contributed by atoms with E-state index in [0.717, 1.165) is 11.1 Å². The van der Waals surface area contributed by atoms with Gasteiger partial charge in [-0.1, -0.05) is 0 Å². The van der Waals surface area contributed by atoms with E-state index in [2.05, 4.69) is 15.3 Å². The van der Waals surface area contributed by atoms with Gasteiger partial charge in [-0.3, -0.25) is 20.0 Å². The van der Waals surface area contributed by atoms with Crippen LogP contribution in [-0.2, 0) is 4.79 Å². The molecule has 3 amide bonds. The third-order valence-corrected chi connectivity index (χ3v) is 6.27. The molecule has 2 aliphatic rings. The van der Waals surface area contributed by atoms with E-state index in [1.165, 1.54) is 24.7 Å². The van der Waals surface area contributed by atoms with Gasteiger partial charge < -0.3 is 15.9 Å². The van der Waals surface area contributed by atoms with Crippen molar-refractivity contribution in [2.24, 2.45) is 11.1 Å². The predicted octanol–water partition coefficient (Wildman–Crippen LogP) is 4.18. The highest BCUT2D eigenvalue weighted by molar-refractivity contribution is 6.07. The van der Waals surface area contributed by atoms with Crippen LogP contribution in [-0.4, -0.2) is 45.5 Å². The number of likely N-dealkylation sites (tertiary alicyclic amines) is 1. The fourth-order valence-corrected chi connectivity index (χ4v) is 4.24. The summed E-state index contributed by atoms with van der Waals surface area (Å²) < 4.78 is 32.8. The first-order valence-electron chi connectivity index (χ1n) is 10.8. The SMILES string of the molecule is N=C/C(=C\N)c1cc(Oc2ccc(NC(=O)N3CCC4(CCC(F)(F)CC4)C3=O)nc2)ccn1. The van der Waals surface area contributed by atoms with Crippen molar-refractivity contribution < 1.29 is 23.1 Å². The molecule has 3 heterocycles. The van der Waals surface area contributed by atoms with Gasteiger partial charge in [0.2, 0.25) is 11.8 Å². The number of carbonyl (C=O) groups is 2. The van der Waals surface area contributed by atoms with Crippen LogP contribution in [0.3, 0.4) is 0 Å². The first-order valence-corrected chi connectivity index (χ1v) is 10.8. The number of hydrogen-bond donors (Lipinski definition) is 3. The van der Waals surface area contributed by atoms with Crippen molar-refractivity contribution in [1.82, 2.24) is 14.9 Å². The number of hydrogen-bond acceptors (Lipinski definition) is 7. The van der Waals surface area contributed by atoms with E-state index in [1.807, 2.05) is 0 Å². The van der Waals surface area contributed by atoms with Crippen LogP contribution in [0.2, 0.25) is 0 Å². The fourth-order valence-electron chi connectivity index (χ4n) is 4.24. The second kappa shape index (κ2) is 9.16. The number of carbonyl (C=O) groups excluding carboxylic acids is 2. The van der Waals surface area contributed by atoms with Crippen molar-refractivity contribution in [3.63, 3.8) is 0 Å². The Balaban J connectivity index is 1.37. The molecule has 2 fully saturated rings. The first-order chi connectivity index (χ1) is 16.2. The summed E-state index contributed by atoms with van der Waals surface area (Å²) in [5, 5.41) is 9.94. The number of imide groups is 1. The van der Waals surface area contributed by atoms with Gasteiger partial charge in [-0.15, -0.1) is 0 Å². The third-order valence-electron chi connectivity index (χ3n) is 6.27. The number of ether oxygens (including phenoxy) is 1. The van der Waals surface area contributed by atoms with E-state index < -0.39 is 23.3 Å². The topological polar surface area (TPSA) is 134 Å². The molecule has 0 aromatic carbocycles. The van der Waals surface area contributed by atoms with Crippen molar-refractivity contribution in [1.29, 1.82) is 5.41 Å². The van der Waals surface area contributed by atoms with Gasteiger partial charge in [-0.25, -0.2) is 18.6 Å². The normalized spacial score (nSPS) is 19.2. The number of halogens is 2. The summed E-state index contributed by atoms with van der Waals surface area (Å²) in [5.74, 6) is -2.08. The smallest absolute Gasteiger partial charge is 0.329 e. The van der Waals surface area contributed by atoms with Crippen molar-refractivity contribution >= 4 is 29.5 Å². The number of rotatable bonds is 5. The Bertz CT molecular complexity index is 1130. The van der Waals surface area contributed by atoms with E-state index in [4.69, 9.17) is 15.9 Å². The van der Waals surface area contributed by atoms with Crippen LogP contribution in [0.5, 0.6) is 11.5 Å². The molecule has 4 N–H and O–H groups in total. The molecule has 0 atom stereocenters. The minimum absolute atomic E-state index is 0.0893. The summed E-state index contributed by atoms with van der Waals surface area (Å²) in [5.41, 5.74) is 5.52. The predicted molar refractivity (Wildman–Crippen MR) is 121 cm³/mol. The minimum Gasteiger partial charge on any atom is -0.456 e. The molecule has 1 saturated carbocycles. The second-order valence-corrected chi connectivity index (χ2v) is 8.40. The summed E-state index contributed by atoms with van der Waals surface area (Å²) in [7, 11) is 0. The van der Waals surface area contributed by atoms with Gasteiger partial charge in [0.05, 0.1) is 17.3 Å². The van der Waals surface area contributed by atoms with Gasteiger partial charge >= 0.3 is 6.03 Å². The highest BCUT2D eigenvalue weighted by Gasteiger charge is 2.53. The van der Waals surface area contributed by atoms with Gasteiger partial charge in [0.1, 0.15) is 17.3 Å². The summed E-state index contributed by atoms with van der Waals surface area (Å²) in [6.07, 6.45) is 5.19. The van der Waals surface area contributed by atoms with Crippen LogP contribution in [0.4, 0.5) is 19.4 Å². The molecule has 0 unspecified atom stereocenters. The average molecular weight is 470 g/mol. The Labute approximate surface area is 194 Å². The third kappa shape index (κ3) is 4.73. The van der Waals surface area contributed by atoms with Crippen LogP contribution < -0.4 is 15.8 Å². The number of nitrogens with one attached hydrogen (secondary N) is 2. The Kier molecular flexibility index (Phi) is 6.27. The molecule has 1 spiro atoms. The second-order valence-electron chi connectivity index (χ2n) is 8.40. The maximum atomic E-state index is 13.5. The lowest BCUT2D eigenvalue weighted by atomic mass is 9.72. The maximum absolute atomic E-state index is 13.5. The highest BCUT2D eigenvalue weighted by atomic mass is 19.3. The van der Waals surface area contributed by atoms with Crippen LogP contribution in [0.15, 0.2) is 42.9 Å². The standard InChI is InChI=1S/C23H24F2N6O3/c24-23(25)6-4-22(5-7-23)8-10-31(20(22)32)21(33)30-19-2-1-17(14-29-19)34-16-3-9-28-18(11-16)15(12-26)13-27/h1-3,9,11-14,26H,4-8,10,27H2,(H,29,30,33)/b15-13+,26-12?. The van der Waals surface area contributed by atoms with E-state index in [-0.39, 0.29) is 38.0 Å². The van der Waals surface area contributed by atoms with Crippen LogP contribution in [0.25, 0.3) is 5.57 Å². The van der Waals surface area contributed by atoms with E-state index >= 15 is 0 Å². The number of anilines is 1. The highest BCUT2D eigenvalue weighted by Crippen LogP contribution is 2.49. The van der Waals surface area contributed by atoms with Crippen LogP contribution in [0, 0.1) is 10.8 Å². The van der Waals surface area contributed by atoms with E-state index in [0.29, 0.717) is 29.2 Å². The molecular weight excluding hydrogens is 446 g/mol. The van der Waals surface area contributed by atoms with E-state index in [1.54, 1.807) is 18.2 Å². The molecule has 2 aromatic heterocycles. The summed E-state index contributed by atoms with van der Waals surface area (Å²) in [6.45, 7) is 0.191. The lowest BCUT2D eigenvalue weighted by Crippen LogP contribution is -2.43. The van der Waals surface area contributed by atoms with Crippen molar-refractivity contribution in [2.75, 3.05) is 11.9 Å². The van der Waals surface area contributed by atoms with Gasteiger partial charge in [0, 0.05) is 49.6 Å². The lowest BCUT2D eigenvalue weighted by molar-refractivity contribution is -0.140.